The lowest BCUT2D eigenvalue weighted by molar-refractivity contribution is -0.135. The second-order valence-corrected chi connectivity index (χ2v) is 4.62. The summed E-state index contributed by atoms with van der Waals surface area (Å²) in [6, 6.07) is 17.0. The van der Waals surface area contributed by atoms with Gasteiger partial charge in [0.15, 0.2) is 6.10 Å². The molecule has 2 aromatic carbocycles. The zero-order valence-electron chi connectivity index (χ0n) is 10.6. The number of hydrogen-bond acceptors (Lipinski definition) is 3. The number of ether oxygens (including phenoxy) is 2. The van der Waals surface area contributed by atoms with Crippen molar-refractivity contribution in [2.24, 2.45) is 0 Å². The van der Waals surface area contributed by atoms with Crippen molar-refractivity contribution >= 4 is 5.97 Å². The average molecular weight is 254 g/mol. The van der Waals surface area contributed by atoms with Crippen LogP contribution in [0.2, 0.25) is 0 Å². The van der Waals surface area contributed by atoms with Gasteiger partial charge in [-0.25, -0.2) is 4.79 Å². The van der Waals surface area contributed by atoms with Crippen LogP contribution >= 0.6 is 0 Å². The van der Waals surface area contributed by atoms with Crippen molar-refractivity contribution in [2.75, 3.05) is 0 Å². The molecule has 0 spiro atoms. The van der Waals surface area contributed by atoms with E-state index in [0.29, 0.717) is 5.75 Å². The van der Waals surface area contributed by atoms with Crippen LogP contribution in [0.4, 0.5) is 0 Å². The Hall–Kier alpha value is -2.13. The molecule has 3 rings (SSSR count). The minimum atomic E-state index is -0.483. The molecule has 3 nitrogen and oxygen atoms in total. The summed E-state index contributed by atoms with van der Waals surface area (Å²) in [6.45, 7) is 2.03. The zero-order chi connectivity index (χ0) is 13.2. The quantitative estimate of drug-likeness (QED) is 0.480. The highest BCUT2D eigenvalue weighted by Gasteiger charge is 2.47. The SMILES string of the molecule is Cc1ccc([C@@H]2O[C@@H]2C(=O)Oc2ccccc2)cc1. The smallest absolute Gasteiger partial charge is 0.343 e. The maximum atomic E-state index is 11.9. The number of rotatable bonds is 3. The first kappa shape index (κ1) is 11.9. The first-order valence-electron chi connectivity index (χ1n) is 6.23. The molecule has 1 saturated heterocycles. The summed E-state index contributed by atoms with van der Waals surface area (Å²) in [6.07, 6.45) is -0.653. The number of carbonyl (C=O) groups excluding carboxylic acids is 1. The number of aryl methyl sites for hydroxylation is 1. The number of benzene rings is 2. The minimum Gasteiger partial charge on any atom is -0.425 e. The van der Waals surface area contributed by atoms with Gasteiger partial charge in [-0.1, -0.05) is 48.0 Å². The predicted molar refractivity (Wildman–Crippen MR) is 70.9 cm³/mol. The third kappa shape index (κ3) is 2.66. The topological polar surface area (TPSA) is 38.8 Å². The fourth-order valence-electron chi connectivity index (χ4n) is 1.96. The summed E-state index contributed by atoms with van der Waals surface area (Å²) in [5.41, 5.74) is 2.20. The van der Waals surface area contributed by atoms with Crippen LogP contribution in [-0.2, 0) is 9.53 Å². The Balaban J connectivity index is 1.63. The van der Waals surface area contributed by atoms with Gasteiger partial charge >= 0.3 is 5.97 Å². The van der Waals surface area contributed by atoms with Gasteiger partial charge in [0.1, 0.15) is 11.9 Å². The zero-order valence-corrected chi connectivity index (χ0v) is 10.6. The third-order valence-electron chi connectivity index (χ3n) is 3.09. The van der Waals surface area contributed by atoms with Crippen LogP contribution < -0.4 is 4.74 Å². The molecule has 0 aromatic heterocycles. The van der Waals surface area contributed by atoms with E-state index in [-0.39, 0.29) is 12.1 Å². The summed E-state index contributed by atoms with van der Waals surface area (Å²) < 4.78 is 10.7. The molecule has 2 aromatic rings. The van der Waals surface area contributed by atoms with Crippen LogP contribution in [0.1, 0.15) is 17.2 Å². The highest BCUT2D eigenvalue weighted by atomic mass is 16.6. The Bertz CT molecular complexity index is 575. The monoisotopic (exact) mass is 254 g/mol. The fraction of sp³-hybridized carbons (Fsp3) is 0.188. The van der Waals surface area contributed by atoms with E-state index in [9.17, 15) is 4.79 Å². The Morgan fingerprint density at radius 1 is 1.05 bits per heavy atom. The van der Waals surface area contributed by atoms with Crippen molar-refractivity contribution in [3.05, 3.63) is 65.7 Å². The molecule has 1 heterocycles. The minimum absolute atomic E-state index is 0.170. The molecule has 1 aliphatic rings. The number of para-hydroxylation sites is 1. The lowest BCUT2D eigenvalue weighted by Gasteiger charge is -2.01. The van der Waals surface area contributed by atoms with Crippen molar-refractivity contribution in [2.45, 2.75) is 19.1 Å². The Kier molecular flexibility index (Phi) is 3.05. The van der Waals surface area contributed by atoms with Gasteiger partial charge < -0.3 is 9.47 Å². The lowest BCUT2D eigenvalue weighted by atomic mass is 10.1. The van der Waals surface area contributed by atoms with Gasteiger partial charge in [-0.15, -0.1) is 0 Å². The van der Waals surface area contributed by atoms with E-state index in [1.54, 1.807) is 12.1 Å². The van der Waals surface area contributed by atoms with Crippen LogP contribution in [-0.4, -0.2) is 12.1 Å². The molecule has 1 aliphatic heterocycles. The molecule has 3 heteroatoms. The van der Waals surface area contributed by atoms with Crippen molar-refractivity contribution in [1.82, 2.24) is 0 Å². The van der Waals surface area contributed by atoms with E-state index >= 15 is 0 Å². The van der Waals surface area contributed by atoms with E-state index in [0.717, 1.165) is 5.56 Å². The molecular formula is C16H14O3. The molecule has 0 unspecified atom stereocenters. The number of hydrogen-bond donors (Lipinski definition) is 0. The number of epoxide rings is 1. The molecule has 0 amide bonds. The standard InChI is InChI=1S/C16H14O3/c1-11-7-9-12(10-8-11)14-15(19-14)16(17)18-13-5-3-2-4-6-13/h2-10,14-15H,1H3/t14-,15-/m0/s1. The molecule has 1 fully saturated rings. The Morgan fingerprint density at radius 3 is 2.42 bits per heavy atom. The Morgan fingerprint density at radius 2 is 1.74 bits per heavy atom. The van der Waals surface area contributed by atoms with E-state index in [2.05, 4.69) is 0 Å². The van der Waals surface area contributed by atoms with Gasteiger partial charge in [-0.05, 0) is 24.6 Å². The van der Waals surface area contributed by atoms with Crippen LogP contribution in [0.5, 0.6) is 5.75 Å². The molecule has 0 bridgehead atoms. The molecule has 96 valence electrons. The van der Waals surface area contributed by atoms with Gasteiger partial charge in [0, 0.05) is 0 Å². The van der Waals surface area contributed by atoms with Crippen LogP contribution in [0.15, 0.2) is 54.6 Å². The van der Waals surface area contributed by atoms with E-state index in [4.69, 9.17) is 9.47 Å². The first-order chi connectivity index (χ1) is 9.24. The van der Waals surface area contributed by atoms with Gasteiger partial charge in [0.2, 0.25) is 0 Å². The second-order valence-electron chi connectivity index (χ2n) is 4.62. The first-order valence-corrected chi connectivity index (χ1v) is 6.23. The summed E-state index contributed by atoms with van der Waals surface area (Å²) in [4.78, 5) is 11.9. The maximum absolute atomic E-state index is 11.9. The van der Waals surface area contributed by atoms with Crippen molar-refractivity contribution in [3.8, 4) is 5.75 Å². The number of carbonyl (C=O) groups is 1. The molecule has 19 heavy (non-hydrogen) atoms. The van der Waals surface area contributed by atoms with Crippen molar-refractivity contribution in [1.29, 1.82) is 0 Å². The molecular weight excluding hydrogens is 240 g/mol. The van der Waals surface area contributed by atoms with Gasteiger partial charge in [-0.2, -0.15) is 0 Å². The summed E-state index contributed by atoms with van der Waals surface area (Å²) >= 11 is 0. The van der Waals surface area contributed by atoms with Crippen LogP contribution in [0.25, 0.3) is 0 Å². The molecule has 0 N–H and O–H groups in total. The number of esters is 1. The normalized spacial score (nSPS) is 20.9. The maximum Gasteiger partial charge on any atom is 0.343 e. The highest BCUT2D eigenvalue weighted by molar-refractivity contribution is 5.80. The third-order valence-corrected chi connectivity index (χ3v) is 3.09. The molecule has 2 atom stereocenters. The molecule has 0 saturated carbocycles. The van der Waals surface area contributed by atoms with Gasteiger partial charge in [0.25, 0.3) is 0 Å². The molecule has 0 radical (unpaired) electrons. The van der Waals surface area contributed by atoms with Crippen LogP contribution in [0.3, 0.4) is 0 Å². The summed E-state index contributed by atoms with van der Waals surface area (Å²) in [7, 11) is 0. The molecule has 0 aliphatic carbocycles. The largest absolute Gasteiger partial charge is 0.425 e. The predicted octanol–water partition coefficient (Wildman–Crippen LogP) is 3.04. The van der Waals surface area contributed by atoms with E-state index in [1.165, 1.54) is 5.56 Å². The van der Waals surface area contributed by atoms with E-state index < -0.39 is 6.10 Å². The average Bonchev–Trinajstić information content (AvgIpc) is 3.21. The second kappa shape index (κ2) is 4.86. The summed E-state index contributed by atoms with van der Waals surface area (Å²) in [5.74, 6) is 0.211. The summed E-state index contributed by atoms with van der Waals surface area (Å²) in [5, 5.41) is 0. The lowest BCUT2D eigenvalue weighted by Crippen LogP contribution is -2.15. The van der Waals surface area contributed by atoms with Gasteiger partial charge in [-0.3, -0.25) is 0 Å². The van der Waals surface area contributed by atoms with Crippen molar-refractivity contribution < 1.29 is 14.3 Å². The fourth-order valence-corrected chi connectivity index (χ4v) is 1.96. The van der Waals surface area contributed by atoms with E-state index in [1.807, 2.05) is 49.4 Å². The van der Waals surface area contributed by atoms with Crippen molar-refractivity contribution in [3.63, 3.8) is 0 Å². The Labute approximate surface area is 111 Å². The van der Waals surface area contributed by atoms with Crippen LogP contribution in [0, 0.1) is 6.92 Å². The van der Waals surface area contributed by atoms with Gasteiger partial charge in [0.05, 0.1) is 0 Å². The highest BCUT2D eigenvalue weighted by Crippen LogP contribution is 2.39.